The van der Waals surface area contributed by atoms with Crippen molar-refractivity contribution in [3.05, 3.63) is 22.2 Å². The minimum absolute atomic E-state index is 0.132. The first-order chi connectivity index (χ1) is 12.6. The summed E-state index contributed by atoms with van der Waals surface area (Å²) >= 11 is 5.09. The molecule has 2 N–H and O–H groups in total. The van der Waals surface area contributed by atoms with E-state index in [0.29, 0.717) is 23.9 Å². The van der Waals surface area contributed by atoms with Crippen LogP contribution in [0.5, 0.6) is 11.5 Å². The van der Waals surface area contributed by atoms with Crippen LogP contribution in [0.15, 0.2) is 16.6 Å². The van der Waals surface area contributed by atoms with Crippen LogP contribution < -0.4 is 14.8 Å². The molecule has 2 atom stereocenters. The SMILES string of the molecule is COc1cc(Br)cc(C2NC(C(=O)O)CS2)c1OCCN1CCCCC1. The highest BCUT2D eigenvalue weighted by atomic mass is 79.9. The average molecular weight is 445 g/mol. The molecule has 2 aliphatic heterocycles. The van der Waals surface area contributed by atoms with Gasteiger partial charge in [-0.05, 0) is 38.1 Å². The minimum Gasteiger partial charge on any atom is -0.493 e. The van der Waals surface area contributed by atoms with E-state index in [4.69, 9.17) is 9.47 Å². The normalized spacial score (nSPS) is 23.8. The number of carboxylic acid groups (broad SMARTS) is 1. The van der Waals surface area contributed by atoms with Crippen molar-refractivity contribution in [3.63, 3.8) is 0 Å². The first-order valence-corrected chi connectivity index (χ1v) is 10.8. The lowest BCUT2D eigenvalue weighted by molar-refractivity contribution is -0.138. The molecule has 0 bridgehead atoms. The Morgan fingerprint density at radius 3 is 2.81 bits per heavy atom. The van der Waals surface area contributed by atoms with Crippen molar-refractivity contribution in [1.29, 1.82) is 0 Å². The zero-order valence-corrected chi connectivity index (χ0v) is 17.3. The van der Waals surface area contributed by atoms with Crippen molar-refractivity contribution in [2.24, 2.45) is 0 Å². The fraction of sp³-hybridized carbons (Fsp3) is 0.611. The Bertz CT molecular complexity index is 640. The van der Waals surface area contributed by atoms with Crippen LogP contribution in [0.2, 0.25) is 0 Å². The fourth-order valence-corrected chi connectivity index (χ4v) is 5.04. The molecule has 2 heterocycles. The Morgan fingerprint density at radius 1 is 1.38 bits per heavy atom. The maximum absolute atomic E-state index is 11.3. The van der Waals surface area contributed by atoms with Gasteiger partial charge < -0.3 is 14.6 Å². The van der Waals surface area contributed by atoms with E-state index in [-0.39, 0.29) is 5.37 Å². The summed E-state index contributed by atoms with van der Waals surface area (Å²) in [5.74, 6) is 1.06. The fourth-order valence-electron chi connectivity index (χ4n) is 3.34. The maximum atomic E-state index is 11.3. The molecule has 8 heteroatoms. The van der Waals surface area contributed by atoms with Crippen LogP contribution in [0.25, 0.3) is 0 Å². The van der Waals surface area contributed by atoms with Crippen LogP contribution in [-0.4, -0.2) is 61.1 Å². The second-order valence-electron chi connectivity index (χ2n) is 6.55. The number of likely N-dealkylation sites (tertiary alicyclic amines) is 1. The first-order valence-electron chi connectivity index (χ1n) is 8.91. The molecule has 2 saturated heterocycles. The third kappa shape index (κ3) is 4.85. The molecule has 6 nitrogen and oxygen atoms in total. The molecule has 0 spiro atoms. The van der Waals surface area contributed by atoms with E-state index in [2.05, 4.69) is 26.1 Å². The lowest BCUT2D eigenvalue weighted by Gasteiger charge is -2.27. The van der Waals surface area contributed by atoms with Gasteiger partial charge in [0.15, 0.2) is 11.5 Å². The van der Waals surface area contributed by atoms with Gasteiger partial charge in [-0.25, -0.2) is 0 Å². The van der Waals surface area contributed by atoms with Crippen LogP contribution in [0.3, 0.4) is 0 Å². The number of benzene rings is 1. The largest absolute Gasteiger partial charge is 0.493 e. The number of methoxy groups -OCH3 is 1. The van der Waals surface area contributed by atoms with Gasteiger partial charge in [-0.2, -0.15) is 0 Å². The van der Waals surface area contributed by atoms with Gasteiger partial charge in [0.25, 0.3) is 0 Å². The molecule has 3 rings (SSSR count). The van der Waals surface area contributed by atoms with E-state index in [9.17, 15) is 9.90 Å². The van der Waals surface area contributed by atoms with Crippen molar-refractivity contribution in [1.82, 2.24) is 10.2 Å². The zero-order valence-electron chi connectivity index (χ0n) is 14.9. The molecule has 0 aromatic heterocycles. The number of halogens is 1. The number of carbonyl (C=O) groups is 1. The van der Waals surface area contributed by atoms with Crippen molar-refractivity contribution in [3.8, 4) is 11.5 Å². The second kappa shape index (κ2) is 9.30. The molecule has 2 aliphatic rings. The molecule has 0 saturated carbocycles. The van der Waals surface area contributed by atoms with E-state index in [1.165, 1.54) is 19.3 Å². The number of nitrogens with zero attached hydrogens (tertiary/aromatic N) is 1. The molecule has 0 aliphatic carbocycles. The lowest BCUT2D eigenvalue weighted by atomic mass is 10.1. The highest BCUT2D eigenvalue weighted by Crippen LogP contribution is 2.44. The van der Waals surface area contributed by atoms with Crippen molar-refractivity contribution in [2.45, 2.75) is 30.7 Å². The molecule has 0 amide bonds. The van der Waals surface area contributed by atoms with Crippen molar-refractivity contribution >= 4 is 33.7 Å². The highest BCUT2D eigenvalue weighted by molar-refractivity contribution is 9.10. The topological polar surface area (TPSA) is 71.0 Å². The number of hydrogen-bond donors (Lipinski definition) is 2. The predicted octanol–water partition coefficient (Wildman–Crippen LogP) is 3.11. The monoisotopic (exact) mass is 444 g/mol. The molecular formula is C18H25BrN2O4S. The van der Waals surface area contributed by atoms with Crippen LogP contribution >= 0.6 is 27.7 Å². The average Bonchev–Trinajstić information content (AvgIpc) is 3.13. The van der Waals surface area contributed by atoms with Crippen molar-refractivity contribution < 1.29 is 19.4 Å². The Hall–Kier alpha value is -0.960. The highest BCUT2D eigenvalue weighted by Gasteiger charge is 2.33. The number of thioether (sulfide) groups is 1. The lowest BCUT2D eigenvalue weighted by Crippen LogP contribution is -2.34. The van der Waals surface area contributed by atoms with E-state index in [1.54, 1.807) is 18.9 Å². The van der Waals surface area contributed by atoms with Crippen LogP contribution in [0.4, 0.5) is 0 Å². The number of hydrogen-bond acceptors (Lipinski definition) is 6. The smallest absolute Gasteiger partial charge is 0.321 e. The quantitative estimate of drug-likeness (QED) is 0.669. The Labute approximate surface area is 166 Å². The van der Waals surface area contributed by atoms with E-state index < -0.39 is 12.0 Å². The van der Waals surface area contributed by atoms with Crippen molar-refractivity contribution in [2.75, 3.05) is 39.1 Å². The number of aliphatic carboxylic acids is 1. The predicted molar refractivity (Wildman–Crippen MR) is 106 cm³/mol. The van der Waals surface area contributed by atoms with Gasteiger partial charge in [0.2, 0.25) is 0 Å². The number of carboxylic acids is 1. The molecule has 2 fully saturated rings. The Morgan fingerprint density at radius 2 is 2.15 bits per heavy atom. The van der Waals surface area contributed by atoms with E-state index >= 15 is 0 Å². The van der Waals surface area contributed by atoms with Gasteiger partial charge in [-0.15, -0.1) is 11.8 Å². The molecule has 0 radical (unpaired) electrons. The molecule has 1 aromatic carbocycles. The maximum Gasteiger partial charge on any atom is 0.321 e. The van der Waals surface area contributed by atoms with E-state index in [1.807, 2.05) is 12.1 Å². The first kappa shape index (κ1) is 19.8. The summed E-state index contributed by atoms with van der Waals surface area (Å²) in [5, 5.41) is 12.3. The number of piperidine rings is 1. The third-order valence-electron chi connectivity index (χ3n) is 4.73. The summed E-state index contributed by atoms with van der Waals surface area (Å²) in [6.07, 6.45) is 3.83. The third-order valence-corrected chi connectivity index (χ3v) is 6.44. The van der Waals surface area contributed by atoms with Gasteiger partial charge in [-0.1, -0.05) is 22.4 Å². The Kier molecular flexibility index (Phi) is 7.08. The summed E-state index contributed by atoms with van der Waals surface area (Å²) in [5.41, 5.74) is 0.920. The molecular weight excluding hydrogens is 420 g/mol. The van der Waals surface area contributed by atoms with Gasteiger partial charge in [0, 0.05) is 22.3 Å². The number of ether oxygens (including phenoxy) is 2. The van der Waals surface area contributed by atoms with Crippen LogP contribution in [-0.2, 0) is 4.79 Å². The molecule has 2 unspecified atom stereocenters. The summed E-state index contributed by atoms with van der Waals surface area (Å²) in [7, 11) is 1.62. The van der Waals surface area contributed by atoms with Gasteiger partial charge in [0.05, 0.1) is 12.5 Å². The second-order valence-corrected chi connectivity index (χ2v) is 8.60. The Balaban J connectivity index is 1.73. The minimum atomic E-state index is -0.825. The molecule has 26 heavy (non-hydrogen) atoms. The molecule has 144 valence electrons. The summed E-state index contributed by atoms with van der Waals surface area (Å²) in [6, 6.07) is 3.32. The number of nitrogens with one attached hydrogen (secondary N) is 1. The molecule has 1 aromatic rings. The van der Waals surface area contributed by atoms with Crippen LogP contribution in [0, 0.1) is 0 Å². The standard InChI is InChI=1S/C18H25BrN2O4S/c1-24-15-10-12(19)9-13(17-20-14(11-26-17)18(22)23)16(15)25-8-7-21-5-3-2-4-6-21/h9-10,14,17,20H,2-8,11H2,1H3,(H,22,23). The zero-order chi connectivity index (χ0) is 18.5. The summed E-state index contributed by atoms with van der Waals surface area (Å²) in [6.45, 7) is 3.74. The van der Waals surface area contributed by atoms with Crippen LogP contribution in [0.1, 0.15) is 30.2 Å². The van der Waals surface area contributed by atoms with Gasteiger partial charge >= 0.3 is 5.97 Å². The summed E-state index contributed by atoms with van der Waals surface area (Å²) in [4.78, 5) is 13.7. The van der Waals surface area contributed by atoms with Gasteiger partial charge in [-0.3, -0.25) is 15.0 Å². The summed E-state index contributed by atoms with van der Waals surface area (Å²) < 4.78 is 12.5. The van der Waals surface area contributed by atoms with E-state index in [0.717, 1.165) is 29.7 Å². The van der Waals surface area contributed by atoms with Gasteiger partial charge in [0.1, 0.15) is 12.6 Å². The number of rotatable bonds is 7.